The zero-order valence-electron chi connectivity index (χ0n) is 14.8. The van der Waals surface area contributed by atoms with Crippen LogP contribution in [0.15, 0.2) is 78.9 Å². The summed E-state index contributed by atoms with van der Waals surface area (Å²) in [6.45, 7) is 1.44. The Morgan fingerprint density at radius 1 is 0.815 bits per heavy atom. The Morgan fingerprint density at radius 2 is 1.41 bits per heavy atom. The molecule has 0 saturated carbocycles. The van der Waals surface area contributed by atoms with Gasteiger partial charge in [-0.25, -0.2) is 0 Å². The van der Waals surface area contributed by atoms with Crippen LogP contribution >= 0.6 is 11.6 Å². The molecule has 2 N–H and O–H groups in total. The van der Waals surface area contributed by atoms with E-state index in [1.807, 2.05) is 42.5 Å². The Morgan fingerprint density at radius 3 is 2.00 bits per heavy atom. The molecule has 0 aliphatic heterocycles. The topological polar surface area (TPSA) is 58.2 Å². The second-order valence-electron chi connectivity index (χ2n) is 6.13. The molecule has 27 heavy (non-hydrogen) atoms. The molecule has 1 unspecified atom stereocenters. The molecule has 0 aliphatic rings. The van der Waals surface area contributed by atoms with Crippen LogP contribution < -0.4 is 10.6 Å². The molecule has 0 aliphatic carbocycles. The van der Waals surface area contributed by atoms with Gasteiger partial charge in [-0.05, 0) is 47.5 Å². The van der Waals surface area contributed by atoms with Gasteiger partial charge in [-0.1, -0.05) is 54.1 Å². The van der Waals surface area contributed by atoms with E-state index >= 15 is 0 Å². The van der Waals surface area contributed by atoms with E-state index in [1.54, 1.807) is 36.4 Å². The monoisotopic (exact) mass is 378 g/mol. The number of rotatable bonds is 5. The van der Waals surface area contributed by atoms with Crippen molar-refractivity contribution in [2.75, 3.05) is 5.32 Å². The first-order chi connectivity index (χ1) is 13.0. The van der Waals surface area contributed by atoms with Gasteiger partial charge in [0.05, 0.1) is 6.04 Å². The van der Waals surface area contributed by atoms with Crippen molar-refractivity contribution in [3.05, 3.63) is 101 Å². The third-order valence-electron chi connectivity index (χ3n) is 4.08. The number of carbonyl (C=O) groups excluding carboxylic acids is 2. The van der Waals surface area contributed by atoms with Gasteiger partial charge in [0, 0.05) is 23.2 Å². The van der Waals surface area contributed by atoms with Crippen molar-refractivity contribution in [1.82, 2.24) is 5.32 Å². The first-order valence-corrected chi connectivity index (χ1v) is 8.89. The summed E-state index contributed by atoms with van der Waals surface area (Å²) < 4.78 is 0. The fourth-order valence-corrected chi connectivity index (χ4v) is 2.91. The third kappa shape index (κ3) is 4.96. The molecule has 2 amide bonds. The summed E-state index contributed by atoms with van der Waals surface area (Å²) in [5.41, 5.74) is 3.08. The van der Waals surface area contributed by atoms with Crippen LogP contribution in [0, 0.1) is 0 Å². The van der Waals surface area contributed by atoms with Crippen molar-refractivity contribution in [3.8, 4) is 0 Å². The molecular weight excluding hydrogens is 360 g/mol. The van der Waals surface area contributed by atoms with Gasteiger partial charge in [0.1, 0.15) is 0 Å². The lowest BCUT2D eigenvalue weighted by Crippen LogP contribution is -2.29. The van der Waals surface area contributed by atoms with Crippen molar-refractivity contribution in [2.24, 2.45) is 0 Å². The summed E-state index contributed by atoms with van der Waals surface area (Å²) in [4.78, 5) is 23.9. The standard InChI is InChI=1S/C22H19ClN2O2/c1-15(26)24-20-13-9-18(10-14-20)22(27)25-21(16-5-3-2-4-6-16)17-7-11-19(23)12-8-17/h2-14,21H,1H3,(H,24,26)(H,25,27). The summed E-state index contributed by atoms with van der Waals surface area (Å²) in [7, 11) is 0. The van der Waals surface area contributed by atoms with Crippen LogP contribution in [0.2, 0.25) is 5.02 Å². The van der Waals surface area contributed by atoms with Crippen LogP contribution in [-0.4, -0.2) is 11.8 Å². The number of amides is 2. The minimum absolute atomic E-state index is 0.154. The van der Waals surface area contributed by atoms with Crippen molar-refractivity contribution in [3.63, 3.8) is 0 Å². The Hall–Kier alpha value is -3.11. The normalized spacial score (nSPS) is 11.5. The fourth-order valence-electron chi connectivity index (χ4n) is 2.78. The molecule has 3 aromatic carbocycles. The van der Waals surface area contributed by atoms with Gasteiger partial charge in [0.15, 0.2) is 0 Å². The Balaban J connectivity index is 1.84. The summed E-state index contributed by atoms with van der Waals surface area (Å²) >= 11 is 6.00. The van der Waals surface area contributed by atoms with Crippen LogP contribution in [0.1, 0.15) is 34.5 Å². The number of nitrogens with one attached hydrogen (secondary N) is 2. The molecule has 0 bridgehead atoms. The third-order valence-corrected chi connectivity index (χ3v) is 4.33. The Kier molecular flexibility index (Phi) is 5.89. The lowest BCUT2D eigenvalue weighted by Gasteiger charge is -2.20. The molecule has 0 aromatic heterocycles. The predicted molar refractivity (Wildman–Crippen MR) is 108 cm³/mol. The molecule has 136 valence electrons. The number of benzene rings is 3. The van der Waals surface area contributed by atoms with Gasteiger partial charge in [-0.15, -0.1) is 0 Å². The van der Waals surface area contributed by atoms with Gasteiger partial charge >= 0.3 is 0 Å². The van der Waals surface area contributed by atoms with E-state index in [2.05, 4.69) is 10.6 Å². The SMILES string of the molecule is CC(=O)Nc1ccc(C(=O)NC(c2ccccc2)c2ccc(Cl)cc2)cc1. The number of anilines is 1. The van der Waals surface area contributed by atoms with Crippen molar-refractivity contribution < 1.29 is 9.59 Å². The summed E-state index contributed by atoms with van der Waals surface area (Å²) in [5, 5.41) is 6.41. The average Bonchev–Trinajstić information content (AvgIpc) is 2.67. The molecule has 3 aromatic rings. The molecule has 1 atom stereocenters. The molecule has 0 saturated heterocycles. The maximum absolute atomic E-state index is 12.8. The van der Waals surface area contributed by atoms with Gasteiger partial charge < -0.3 is 10.6 Å². The van der Waals surface area contributed by atoms with Crippen molar-refractivity contribution in [2.45, 2.75) is 13.0 Å². The van der Waals surface area contributed by atoms with E-state index in [9.17, 15) is 9.59 Å². The lowest BCUT2D eigenvalue weighted by atomic mass is 9.98. The van der Waals surface area contributed by atoms with E-state index in [4.69, 9.17) is 11.6 Å². The van der Waals surface area contributed by atoms with Crippen LogP contribution in [0.5, 0.6) is 0 Å². The van der Waals surface area contributed by atoms with Gasteiger partial charge in [-0.2, -0.15) is 0 Å². The zero-order chi connectivity index (χ0) is 19.2. The maximum atomic E-state index is 12.8. The largest absolute Gasteiger partial charge is 0.341 e. The average molecular weight is 379 g/mol. The van der Waals surface area contributed by atoms with Gasteiger partial charge in [-0.3, -0.25) is 9.59 Å². The van der Waals surface area contributed by atoms with Gasteiger partial charge in [0.25, 0.3) is 5.91 Å². The lowest BCUT2D eigenvalue weighted by molar-refractivity contribution is -0.114. The van der Waals surface area contributed by atoms with E-state index in [0.29, 0.717) is 16.3 Å². The maximum Gasteiger partial charge on any atom is 0.252 e. The molecule has 4 nitrogen and oxygen atoms in total. The zero-order valence-corrected chi connectivity index (χ0v) is 15.5. The Labute approximate surface area is 163 Å². The van der Waals surface area contributed by atoms with E-state index < -0.39 is 0 Å². The molecule has 0 heterocycles. The highest BCUT2D eigenvalue weighted by Crippen LogP contribution is 2.24. The Bertz CT molecular complexity index is 923. The molecule has 0 spiro atoms. The quantitative estimate of drug-likeness (QED) is 0.668. The number of hydrogen-bond donors (Lipinski definition) is 2. The second kappa shape index (κ2) is 8.52. The minimum Gasteiger partial charge on any atom is -0.341 e. The number of halogens is 1. The minimum atomic E-state index is -0.300. The van der Waals surface area contributed by atoms with Crippen molar-refractivity contribution >= 4 is 29.1 Å². The first kappa shape index (κ1) is 18.7. The molecular formula is C22H19ClN2O2. The highest BCUT2D eigenvalue weighted by Gasteiger charge is 2.17. The summed E-state index contributed by atoms with van der Waals surface area (Å²) in [6.07, 6.45) is 0. The highest BCUT2D eigenvalue weighted by molar-refractivity contribution is 6.30. The molecule has 3 rings (SSSR count). The van der Waals surface area contributed by atoms with Gasteiger partial charge in [0.2, 0.25) is 5.91 Å². The van der Waals surface area contributed by atoms with Crippen LogP contribution in [0.25, 0.3) is 0 Å². The fraction of sp³-hybridized carbons (Fsp3) is 0.0909. The molecule has 0 radical (unpaired) electrons. The number of hydrogen-bond acceptors (Lipinski definition) is 2. The van der Waals surface area contributed by atoms with E-state index in [0.717, 1.165) is 11.1 Å². The molecule has 5 heteroatoms. The van der Waals surface area contributed by atoms with E-state index in [-0.39, 0.29) is 17.9 Å². The smallest absolute Gasteiger partial charge is 0.252 e. The summed E-state index contributed by atoms with van der Waals surface area (Å²) in [6, 6.07) is 23.7. The highest BCUT2D eigenvalue weighted by atomic mass is 35.5. The predicted octanol–water partition coefficient (Wildman–Crippen LogP) is 4.82. The van der Waals surface area contributed by atoms with E-state index in [1.165, 1.54) is 6.92 Å². The summed E-state index contributed by atoms with van der Waals surface area (Å²) in [5.74, 6) is -0.354. The second-order valence-corrected chi connectivity index (χ2v) is 6.56. The van der Waals surface area contributed by atoms with Crippen LogP contribution in [0.4, 0.5) is 5.69 Å². The number of carbonyl (C=O) groups is 2. The van der Waals surface area contributed by atoms with Crippen LogP contribution in [0.3, 0.4) is 0 Å². The first-order valence-electron chi connectivity index (χ1n) is 8.52. The van der Waals surface area contributed by atoms with Crippen LogP contribution in [-0.2, 0) is 4.79 Å². The van der Waals surface area contributed by atoms with Crippen molar-refractivity contribution in [1.29, 1.82) is 0 Å². The molecule has 0 fully saturated rings.